The average Bonchev–Trinajstić information content (AvgIpc) is 2.83. The highest BCUT2D eigenvalue weighted by Gasteiger charge is 2.37. The van der Waals surface area contributed by atoms with E-state index >= 15 is 0 Å². The smallest absolute Gasteiger partial charge is 0.311 e. The normalized spacial score (nSPS) is 27.6. The molecular weight excluding hydrogens is 268 g/mol. The Morgan fingerprint density at radius 3 is 2.76 bits per heavy atom. The van der Waals surface area contributed by atoms with Crippen LogP contribution >= 0.6 is 0 Å². The van der Waals surface area contributed by atoms with Crippen molar-refractivity contribution in [2.24, 2.45) is 0 Å². The standard InChI is InChI=1S/C15H22N4O2/c1-2-8-18(13-9-11-5-6-12(10-13)17-11)15-14(19(20)21)4-3-7-16-15/h3-4,7,11-13,17H,2,5-6,8-10H2,1H3. The number of nitrogens with one attached hydrogen (secondary N) is 1. The molecule has 1 aromatic heterocycles. The van der Waals surface area contributed by atoms with Crippen LogP contribution in [0.1, 0.15) is 39.0 Å². The van der Waals surface area contributed by atoms with Gasteiger partial charge in [0.15, 0.2) is 0 Å². The molecule has 0 amide bonds. The van der Waals surface area contributed by atoms with Crippen LogP contribution in [0.3, 0.4) is 0 Å². The Bertz CT molecular complexity index is 510. The summed E-state index contributed by atoms with van der Waals surface area (Å²) in [6.07, 6.45) is 7.19. The Balaban J connectivity index is 1.89. The summed E-state index contributed by atoms with van der Waals surface area (Å²) in [6, 6.07) is 4.68. The van der Waals surface area contributed by atoms with Gasteiger partial charge in [-0.05, 0) is 38.2 Å². The molecule has 6 nitrogen and oxygen atoms in total. The molecule has 2 saturated heterocycles. The summed E-state index contributed by atoms with van der Waals surface area (Å²) in [5.74, 6) is 0.538. The Kier molecular flexibility index (Phi) is 4.05. The van der Waals surface area contributed by atoms with Crippen molar-refractivity contribution >= 4 is 11.5 Å². The summed E-state index contributed by atoms with van der Waals surface area (Å²) in [7, 11) is 0. The van der Waals surface area contributed by atoms with Crippen molar-refractivity contribution in [3.8, 4) is 0 Å². The number of anilines is 1. The minimum atomic E-state index is -0.319. The van der Waals surface area contributed by atoms with Crippen molar-refractivity contribution in [3.63, 3.8) is 0 Å². The van der Waals surface area contributed by atoms with Crippen LogP contribution in [-0.2, 0) is 0 Å². The van der Waals surface area contributed by atoms with Gasteiger partial charge >= 0.3 is 5.69 Å². The van der Waals surface area contributed by atoms with Gasteiger partial charge in [0.05, 0.1) is 4.92 Å². The number of nitrogens with zero attached hydrogens (tertiary/aromatic N) is 3. The molecule has 114 valence electrons. The molecule has 3 rings (SSSR count). The maximum atomic E-state index is 11.3. The van der Waals surface area contributed by atoms with Gasteiger partial charge < -0.3 is 10.2 Å². The molecule has 0 aromatic carbocycles. The molecular formula is C15H22N4O2. The molecule has 2 aliphatic rings. The van der Waals surface area contributed by atoms with Gasteiger partial charge in [-0.3, -0.25) is 10.1 Å². The summed E-state index contributed by atoms with van der Waals surface area (Å²) < 4.78 is 0. The van der Waals surface area contributed by atoms with Crippen LogP contribution in [0, 0.1) is 10.1 Å². The van der Waals surface area contributed by atoms with Crippen LogP contribution in [0.25, 0.3) is 0 Å². The molecule has 0 radical (unpaired) electrons. The molecule has 1 N–H and O–H groups in total. The summed E-state index contributed by atoms with van der Waals surface area (Å²) in [5.41, 5.74) is 0.122. The second-order valence-corrected chi connectivity index (χ2v) is 6.06. The molecule has 1 aromatic rings. The molecule has 0 saturated carbocycles. The molecule has 21 heavy (non-hydrogen) atoms. The Hall–Kier alpha value is -1.69. The van der Waals surface area contributed by atoms with E-state index in [-0.39, 0.29) is 10.6 Å². The zero-order valence-corrected chi connectivity index (χ0v) is 12.4. The molecule has 3 heterocycles. The first kappa shape index (κ1) is 14.3. The zero-order valence-electron chi connectivity index (χ0n) is 12.4. The average molecular weight is 290 g/mol. The van der Waals surface area contributed by atoms with Crippen molar-refractivity contribution in [2.45, 2.75) is 57.2 Å². The van der Waals surface area contributed by atoms with E-state index in [0.29, 0.717) is 23.9 Å². The van der Waals surface area contributed by atoms with Gasteiger partial charge in [-0.1, -0.05) is 6.92 Å². The Morgan fingerprint density at radius 1 is 1.43 bits per heavy atom. The lowest BCUT2D eigenvalue weighted by molar-refractivity contribution is -0.384. The van der Waals surface area contributed by atoms with Gasteiger partial charge in [-0.2, -0.15) is 0 Å². The fourth-order valence-corrected chi connectivity index (χ4v) is 3.74. The number of rotatable bonds is 5. The van der Waals surface area contributed by atoms with Gasteiger partial charge in [0.2, 0.25) is 5.82 Å². The van der Waals surface area contributed by atoms with Crippen LogP contribution in [0.4, 0.5) is 11.5 Å². The van der Waals surface area contributed by atoms with E-state index in [0.717, 1.165) is 25.8 Å². The number of hydrogen-bond donors (Lipinski definition) is 1. The van der Waals surface area contributed by atoms with Crippen molar-refractivity contribution in [1.29, 1.82) is 0 Å². The molecule has 2 unspecified atom stereocenters. The summed E-state index contributed by atoms with van der Waals surface area (Å²) in [4.78, 5) is 17.5. The lowest BCUT2D eigenvalue weighted by Gasteiger charge is -2.38. The maximum Gasteiger partial charge on any atom is 0.311 e. The van der Waals surface area contributed by atoms with Crippen molar-refractivity contribution < 1.29 is 4.92 Å². The predicted octanol–water partition coefficient (Wildman–Crippen LogP) is 2.49. The molecule has 2 fully saturated rings. The van der Waals surface area contributed by atoms with Gasteiger partial charge in [0.25, 0.3) is 0 Å². The fourth-order valence-electron chi connectivity index (χ4n) is 3.74. The molecule has 0 spiro atoms. The van der Waals surface area contributed by atoms with Gasteiger partial charge in [-0.25, -0.2) is 4.98 Å². The minimum Gasteiger partial charge on any atom is -0.348 e. The van der Waals surface area contributed by atoms with Gasteiger partial charge in [-0.15, -0.1) is 0 Å². The number of hydrogen-bond acceptors (Lipinski definition) is 5. The molecule has 2 aliphatic heterocycles. The van der Waals surface area contributed by atoms with Crippen molar-refractivity contribution in [1.82, 2.24) is 10.3 Å². The summed E-state index contributed by atoms with van der Waals surface area (Å²) in [5, 5.41) is 14.9. The highest BCUT2D eigenvalue weighted by Crippen LogP contribution is 2.34. The third kappa shape index (κ3) is 2.85. The van der Waals surface area contributed by atoms with Crippen molar-refractivity contribution in [3.05, 3.63) is 28.4 Å². The minimum absolute atomic E-state index is 0.122. The zero-order chi connectivity index (χ0) is 14.8. The van der Waals surface area contributed by atoms with Gasteiger partial charge in [0, 0.05) is 36.9 Å². The van der Waals surface area contributed by atoms with E-state index in [1.54, 1.807) is 18.3 Å². The number of piperidine rings is 1. The largest absolute Gasteiger partial charge is 0.348 e. The van der Waals surface area contributed by atoms with Gasteiger partial charge in [0.1, 0.15) is 0 Å². The number of fused-ring (bicyclic) bond motifs is 2. The number of pyridine rings is 1. The topological polar surface area (TPSA) is 71.3 Å². The maximum absolute atomic E-state index is 11.3. The highest BCUT2D eigenvalue weighted by molar-refractivity contribution is 5.58. The predicted molar refractivity (Wildman–Crippen MR) is 81.5 cm³/mol. The molecule has 2 bridgehead atoms. The highest BCUT2D eigenvalue weighted by atomic mass is 16.6. The second-order valence-electron chi connectivity index (χ2n) is 6.06. The first-order valence-electron chi connectivity index (χ1n) is 7.81. The van der Waals surface area contributed by atoms with E-state index in [1.165, 1.54) is 12.8 Å². The van der Waals surface area contributed by atoms with E-state index in [2.05, 4.69) is 22.1 Å². The summed E-state index contributed by atoms with van der Waals surface area (Å²) >= 11 is 0. The Morgan fingerprint density at radius 2 is 2.14 bits per heavy atom. The van der Waals surface area contributed by atoms with E-state index in [9.17, 15) is 10.1 Å². The van der Waals surface area contributed by atoms with Crippen LogP contribution in [0.2, 0.25) is 0 Å². The van der Waals surface area contributed by atoms with Crippen LogP contribution < -0.4 is 10.2 Å². The van der Waals surface area contributed by atoms with E-state index < -0.39 is 0 Å². The molecule has 6 heteroatoms. The van der Waals surface area contributed by atoms with E-state index in [1.807, 2.05) is 0 Å². The quantitative estimate of drug-likeness (QED) is 0.666. The first-order valence-corrected chi connectivity index (χ1v) is 7.81. The second kappa shape index (κ2) is 5.97. The fraction of sp³-hybridized carbons (Fsp3) is 0.667. The monoisotopic (exact) mass is 290 g/mol. The lowest BCUT2D eigenvalue weighted by Crippen LogP contribution is -2.49. The lowest BCUT2D eigenvalue weighted by atomic mass is 9.97. The number of aromatic nitrogens is 1. The third-order valence-corrected chi connectivity index (χ3v) is 4.59. The number of nitro groups is 1. The van der Waals surface area contributed by atoms with E-state index in [4.69, 9.17) is 0 Å². The summed E-state index contributed by atoms with van der Waals surface area (Å²) in [6.45, 7) is 2.93. The van der Waals surface area contributed by atoms with Crippen molar-refractivity contribution in [2.75, 3.05) is 11.4 Å². The molecule has 2 atom stereocenters. The molecule has 0 aliphatic carbocycles. The Labute approximate surface area is 124 Å². The van der Waals surface area contributed by atoms with Crippen LogP contribution in [0.15, 0.2) is 18.3 Å². The first-order chi connectivity index (χ1) is 10.2. The van der Waals surface area contributed by atoms with Crippen LogP contribution in [0.5, 0.6) is 0 Å². The SMILES string of the molecule is CCCN(c1ncccc1[N+](=O)[O-])C1CC2CCC(C1)N2. The third-order valence-electron chi connectivity index (χ3n) is 4.59. The van der Waals surface area contributed by atoms with Crippen LogP contribution in [-0.4, -0.2) is 34.6 Å².